The van der Waals surface area contributed by atoms with E-state index < -0.39 is 10.0 Å². The van der Waals surface area contributed by atoms with Crippen LogP contribution in [0.15, 0.2) is 29.2 Å². The maximum Gasteiger partial charge on any atom is 0.409 e. The van der Waals surface area contributed by atoms with Crippen LogP contribution in [0, 0.1) is 0 Å². The van der Waals surface area contributed by atoms with Crippen molar-refractivity contribution in [3.8, 4) is 0 Å². The molecule has 1 aromatic heterocycles. The van der Waals surface area contributed by atoms with Gasteiger partial charge >= 0.3 is 6.09 Å². The van der Waals surface area contributed by atoms with Gasteiger partial charge in [0, 0.05) is 36.5 Å². The predicted octanol–water partition coefficient (Wildman–Crippen LogP) is 3.33. The molecule has 1 aromatic carbocycles. The van der Waals surface area contributed by atoms with Crippen LogP contribution in [0.5, 0.6) is 0 Å². The number of rotatable bonds is 8. The Bertz CT molecular complexity index is 1070. The van der Waals surface area contributed by atoms with E-state index in [2.05, 4.69) is 10.3 Å². The van der Waals surface area contributed by atoms with Crippen LogP contribution in [0.1, 0.15) is 47.6 Å². The average Bonchev–Trinajstić information content (AvgIpc) is 3.20. The molecule has 0 fully saturated rings. The minimum Gasteiger partial charge on any atom is -0.453 e. The number of nitrogens with zero attached hydrogens (tertiary/aromatic N) is 3. The van der Waals surface area contributed by atoms with E-state index in [4.69, 9.17) is 4.74 Å². The lowest BCUT2D eigenvalue weighted by Crippen LogP contribution is -2.35. The summed E-state index contributed by atoms with van der Waals surface area (Å²) in [5, 5.41) is 3.21. The Morgan fingerprint density at radius 2 is 1.97 bits per heavy atom. The summed E-state index contributed by atoms with van der Waals surface area (Å²) in [5.41, 5.74) is 1.20. The SMILES string of the molecule is CCCCN(CC)S(=O)(=O)c1ccc(C(=O)Nc2nc3c(s2)CN(C(=O)OC)CC3)cc1. The molecule has 0 bridgehead atoms. The normalized spacial score (nSPS) is 13.7. The zero-order chi connectivity index (χ0) is 23.3. The van der Waals surface area contributed by atoms with Gasteiger partial charge in [0.05, 0.1) is 24.2 Å². The lowest BCUT2D eigenvalue weighted by molar-refractivity contribution is 0.102. The van der Waals surface area contributed by atoms with Crippen LogP contribution in [0.3, 0.4) is 0 Å². The third-order valence-electron chi connectivity index (χ3n) is 5.25. The zero-order valence-corrected chi connectivity index (χ0v) is 20.1. The highest BCUT2D eigenvalue weighted by atomic mass is 32.2. The number of unbranched alkanes of at least 4 members (excludes halogenated alkanes) is 1. The quantitative estimate of drug-likeness (QED) is 0.621. The molecule has 9 nitrogen and oxygen atoms in total. The van der Waals surface area contributed by atoms with Crippen LogP contribution in [0.4, 0.5) is 9.93 Å². The van der Waals surface area contributed by atoms with Crippen molar-refractivity contribution in [2.45, 2.75) is 44.6 Å². The Balaban J connectivity index is 1.68. The molecule has 0 unspecified atom stereocenters. The highest BCUT2D eigenvalue weighted by Crippen LogP contribution is 2.29. The van der Waals surface area contributed by atoms with E-state index in [0.717, 1.165) is 23.4 Å². The number of aromatic nitrogens is 1. The number of fused-ring (bicyclic) bond motifs is 1. The van der Waals surface area contributed by atoms with Crippen LogP contribution in [0.25, 0.3) is 0 Å². The third-order valence-corrected chi connectivity index (χ3v) is 8.24. The fourth-order valence-corrected chi connectivity index (χ4v) is 5.92. The first kappa shape index (κ1) is 24.1. The number of benzene rings is 1. The van der Waals surface area contributed by atoms with E-state index in [1.165, 1.54) is 47.0 Å². The van der Waals surface area contributed by atoms with Gasteiger partial charge < -0.3 is 9.64 Å². The van der Waals surface area contributed by atoms with Gasteiger partial charge in [-0.1, -0.05) is 31.6 Å². The number of sulfonamides is 1. The first-order valence-corrected chi connectivity index (χ1v) is 12.8. The monoisotopic (exact) mass is 480 g/mol. The third kappa shape index (κ3) is 5.28. The van der Waals surface area contributed by atoms with Crippen molar-refractivity contribution in [3.63, 3.8) is 0 Å². The number of hydrogen-bond acceptors (Lipinski definition) is 7. The van der Waals surface area contributed by atoms with Gasteiger partial charge in [0.25, 0.3) is 5.91 Å². The Morgan fingerprint density at radius 1 is 1.25 bits per heavy atom. The lowest BCUT2D eigenvalue weighted by Gasteiger charge is -2.24. The maximum atomic E-state index is 12.8. The summed E-state index contributed by atoms with van der Waals surface area (Å²) in [5.74, 6) is -0.372. The van der Waals surface area contributed by atoms with Gasteiger partial charge in [-0.05, 0) is 30.7 Å². The summed E-state index contributed by atoms with van der Waals surface area (Å²) in [6.07, 6.45) is 1.91. The van der Waals surface area contributed by atoms with E-state index in [1.807, 2.05) is 13.8 Å². The molecule has 1 aliphatic rings. The van der Waals surface area contributed by atoms with Gasteiger partial charge in [-0.15, -0.1) is 0 Å². The van der Waals surface area contributed by atoms with Crippen molar-refractivity contribution in [2.24, 2.45) is 0 Å². The topological polar surface area (TPSA) is 109 Å². The van der Waals surface area contributed by atoms with Gasteiger partial charge in [-0.25, -0.2) is 18.2 Å². The van der Waals surface area contributed by atoms with Crippen molar-refractivity contribution >= 4 is 38.5 Å². The Labute approximate surface area is 192 Å². The minimum absolute atomic E-state index is 0.166. The van der Waals surface area contributed by atoms with Crippen molar-refractivity contribution in [3.05, 3.63) is 40.4 Å². The number of hydrogen-bond donors (Lipinski definition) is 1. The number of thiazole rings is 1. The van der Waals surface area contributed by atoms with Crippen molar-refractivity contribution in [1.82, 2.24) is 14.2 Å². The number of nitrogens with one attached hydrogen (secondary N) is 1. The van der Waals surface area contributed by atoms with Gasteiger partial charge in [0.2, 0.25) is 10.0 Å². The fourth-order valence-electron chi connectivity index (χ4n) is 3.41. The second-order valence-corrected chi connectivity index (χ2v) is 10.4. The van der Waals surface area contributed by atoms with Crippen LogP contribution in [-0.2, 0) is 27.7 Å². The van der Waals surface area contributed by atoms with Crippen LogP contribution >= 0.6 is 11.3 Å². The van der Waals surface area contributed by atoms with Gasteiger partial charge in [-0.3, -0.25) is 10.1 Å². The van der Waals surface area contributed by atoms with Gasteiger partial charge in [-0.2, -0.15) is 4.31 Å². The maximum absolute atomic E-state index is 12.8. The molecular formula is C21H28N4O5S2. The summed E-state index contributed by atoms with van der Waals surface area (Å²) < 4.78 is 31.9. The number of methoxy groups -OCH3 is 1. The molecule has 32 heavy (non-hydrogen) atoms. The Kier molecular flexibility index (Phi) is 7.86. The minimum atomic E-state index is -3.59. The standard InChI is InChI=1S/C21H28N4O5S2/c1-4-6-12-25(5-2)32(28,29)16-9-7-15(8-10-16)19(26)23-20-22-17-11-13-24(21(27)30-3)14-18(17)31-20/h7-10H,4-6,11-14H2,1-3H3,(H,22,23,26). The second-order valence-electron chi connectivity index (χ2n) is 7.36. The smallest absolute Gasteiger partial charge is 0.409 e. The van der Waals surface area contributed by atoms with Crippen molar-refractivity contribution in [2.75, 3.05) is 32.1 Å². The molecule has 0 atom stereocenters. The number of ether oxygens (including phenoxy) is 1. The number of carbonyl (C=O) groups excluding carboxylic acids is 2. The highest BCUT2D eigenvalue weighted by molar-refractivity contribution is 7.89. The highest BCUT2D eigenvalue weighted by Gasteiger charge is 2.26. The molecule has 0 saturated heterocycles. The molecule has 0 radical (unpaired) electrons. The number of amides is 2. The summed E-state index contributed by atoms with van der Waals surface area (Å²) in [4.78, 5) is 31.5. The first-order chi connectivity index (χ1) is 15.3. The zero-order valence-electron chi connectivity index (χ0n) is 18.5. The molecule has 1 aliphatic heterocycles. The molecule has 0 aliphatic carbocycles. The van der Waals surface area contributed by atoms with Gasteiger partial charge in [0.1, 0.15) is 0 Å². The predicted molar refractivity (Wildman–Crippen MR) is 122 cm³/mol. The Hall–Kier alpha value is -2.50. The summed E-state index contributed by atoms with van der Waals surface area (Å²) in [6, 6.07) is 5.92. The second kappa shape index (κ2) is 10.4. The molecule has 2 aromatic rings. The fraction of sp³-hybridized carbons (Fsp3) is 0.476. The number of anilines is 1. The summed E-state index contributed by atoms with van der Waals surface area (Å²) in [6.45, 7) is 5.61. The van der Waals surface area contributed by atoms with Crippen LogP contribution < -0.4 is 5.32 Å². The molecule has 1 N–H and O–H groups in total. The Morgan fingerprint density at radius 3 is 2.59 bits per heavy atom. The summed E-state index contributed by atoms with van der Waals surface area (Å²) in [7, 11) is -2.25. The van der Waals surface area contributed by atoms with E-state index in [-0.39, 0.29) is 16.9 Å². The van der Waals surface area contributed by atoms with Crippen molar-refractivity contribution < 1.29 is 22.7 Å². The van der Waals surface area contributed by atoms with E-state index >= 15 is 0 Å². The molecular weight excluding hydrogens is 452 g/mol. The molecule has 3 rings (SSSR count). The van der Waals surface area contributed by atoms with E-state index in [0.29, 0.717) is 43.3 Å². The largest absolute Gasteiger partial charge is 0.453 e. The number of carbonyl (C=O) groups is 2. The van der Waals surface area contributed by atoms with Crippen LogP contribution in [-0.4, -0.2) is 61.4 Å². The average molecular weight is 481 g/mol. The molecule has 174 valence electrons. The molecule has 11 heteroatoms. The van der Waals surface area contributed by atoms with Gasteiger partial charge in [0.15, 0.2) is 5.13 Å². The first-order valence-electron chi connectivity index (χ1n) is 10.5. The van der Waals surface area contributed by atoms with Crippen LogP contribution in [0.2, 0.25) is 0 Å². The molecule has 2 amide bonds. The van der Waals surface area contributed by atoms with E-state index in [1.54, 1.807) is 4.90 Å². The molecule has 0 saturated carbocycles. The molecule has 2 heterocycles. The van der Waals surface area contributed by atoms with E-state index in [9.17, 15) is 18.0 Å². The van der Waals surface area contributed by atoms with Crippen molar-refractivity contribution in [1.29, 1.82) is 0 Å². The summed E-state index contributed by atoms with van der Waals surface area (Å²) >= 11 is 1.32. The molecule has 0 spiro atoms. The lowest BCUT2D eigenvalue weighted by atomic mass is 10.2.